The number of rotatable bonds is 1. The molecule has 0 aromatic heterocycles. The molecule has 1 unspecified atom stereocenters. The van der Waals surface area contributed by atoms with E-state index in [0.717, 1.165) is 45.8 Å². The molecule has 4 heterocycles. The zero-order chi connectivity index (χ0) is 23.2. The van der Waals surface area contributed by atoms with E-state index < -0.39 is 11.0 Å². The van der Waals surface area contributed by atoms with Gasteiger partial charge in [0.2, 0.25) is 0 Å². The van der Waals surface area contributed by atoms with Gasteiger partial charge >= 0.3 is 0 Å². The molecule has 172 valence electrons. The lowest BCUT2D eigenvalue weighted by Crippen LogP contribution is -2.63. The smallest absolute Gasteiger partial charge is 0.254 e. The van der Waals surface area contributed by atoms with Crippen LogP contribution >= 0.6 is 0 Å². The molecule has 1 aliphatic carbocycles. The van der Waals surface area contributed by atoms with Crippen LogP contribution in [0.25, 0.3) is 0 Å². The van der Waals surface area contributed by atoms with E-state index in [4.69, 9.17) is 4.74 Å². The van der Waals surface area contributed by atoms with Gasteiger partial charge in [-0.2, -0.15) is 5.11 Å². The summed E-state index contributed by atoms with van der Waals surface area (Å²) in [6.45, 7) is 10.4. The first-order valence-electron chi connectivity index (χ1n) is 11.8. The largest absolute Gasteiger partial charge is 0.370 e. The molecule has 7 nitrogen and oxygen atoms in total. The Bertz CT molecular complexity index is 1180. The number of azo groups is 1. The van der Waals surface area contributed by atoms with Crippen molar-refractivity contribution < 1.29 is 14.3 Å². The van der Waals surface area contributed by atoms with Crippen LogP contribution in [0.15, 0.2) is 51.1 Å². The second-order valence-corrected chi connectivity index (χ2v) is 11.4. The summed E-state index contributed by atoms with van der Waals surface area (Å²) in [5, 5.41) is 12.1. The molecule has 4 aliphatic heterocycles. The average molecular weight is 447 g/mol. The Kier molecular flexibility index (Phi) is 4.17. The van der Waals surface area contributed by atoms with E-state index in [-0.39, 0.29) is 17.1 Å². The molecule has 5 aliphatic rings. The summed E-state index contributed by atoms with van der Waals surface area (Å²) < 4.78 is 6.47. The summed E-state index contributed by atoms with van der Waals surface area (Å²) in [6.07, 6.45) is 2.05. The molecule has 1 aromatic carbocycles. The molecule has 0 radical (unpaired) electrons. The third-order valence-electron chi connectivity index (χ3n) is 7.85. The van der Waals surface area contributed by atoms with Gasteiger partial charge < -0.3 is 15.0 Å². The van der Waals surface area contributed by atoms with Crippen molar-refractivity contribution >= 4 is 11.7 Å². The summed E-state index contributed by atoms with van der Waals surface area (Å²) in [5.41, 5.74) is 4.86. The highest BCUT2D eigenvalue weighted by atomic mass is 16.5. The highest BCUT2D eigenvalue weighted by molar-refractivity contribution is 6.00. The molecule has 2 saturated heterocycles. The number of dihydropyridines is 1. The molecule has 0 bridgehead atoms. The molecule has 1 atom stereocenters. The number of likely N-dealkylation sites (tertiary alicyclic amines) is 1. The highest BCUT2D eigenvalue weighted by Gasteiger charge is 2.63. The standard InChI is InChI=1S/C26H30N4O3/c1-15-5-16(2)7-17(6-15)23(32)30-12-25(13-30)11-26(14-33-25)18-10-27-29-22(18)28-19-8-24(3,4)9-20(31)21(19)26/h5-7,28H,8-14H2,1-4H3. The average Bonchev–Trinajstić information content (AvgIpc) is 3.30. The van der Waals surface area contributed by atoms with Gasteiger partial charge in [0.05, 0.1) is 31.7 Å². The van der Waals surface area contributed by atoms with Crippen molar-refractivity contribution in [3.05, 3.63) is 57.6 Å². The molecule has 1 amide bonds. The Morgan fingerprint density at radius 3 is 2.58 bits per heavy atom. The maximum Gasteiger partial charge on any atom is 0.254 e. The number of allylic oxidation sites excluding steroid dienone is 1. The molecule has 1 aromatic rings. The van der Waals surface area contributed by atoms with Gasteiger partial charge in [-0.15, -0.1) is 5.11 Å². The number of amides is 1. The first kappa shape index (κ1) is 20.8. The Balaban J connectivity index is 1.29. The van der Waals surface area contributed by atoms with Gasteiger partial charge in [0.1, 0.15) is 5.60 Å². The number of aryl methyl sites for hydroxylation is 2. The lowest BCUT2D eigenvalue weighted by atomic mass is 9.61. The second-order valence-electron chi connectivity index (χ2n) is 11.4. The van der Waals surface area contributed by atoms with Gasteiger partial charge in [-0.05, 0) is 44.2 Å². The van der Waals surface area contributed by atoms with Crippen molar-refractivity contribution in [1.82, 2.24) is 10.2 Å². The molecule has 2 spiro atoms. The van der Waals surface area contributed by atoms with Crippen molar-refractivity contribution in [3.63, 3.8) is 0 Å². The second kappa shape index (κ2) is 6.63. The van der Waals surface area contributed by atoms with Crippen LogP contribution in [0.4, 0.5) is 0 Å². The number of hydrogen-bond acceptors (Lipinski definition) is 6. The van der Waals surface area contributed by atoms with E-state index >= 15 is 0 Å². The molecular formula is C26H30N4O3. The van der Waals surface area contributed by atoms with Crippen molar-refractivity contribution in [2.75, 3.05) is 26.2 Å². The minimum Gasteiger partial charge on any atom is -0.370 e. The van der Waals surface area contributed by atoms with Crippen LogP contribution in [0.5, 0.6) is 0 Å². The molecule has 2 fully saturated rings. The van der Waals surface area contributed by atoms with Gasteiger partial charge in [-0.1, -0.05) is 31.0 Å². The summed E-state index contributed by atoms with van der Waals surface area (Å²) in [6, 6.07) is 5.97. The number of fused-ring (bicyclic) bond motifs is 2. The molecule has 33 heavy (non-hydrogen) atoms. The number of nitrogens with one attached hydrogen (secondary N) is 1. The van der Waals surface area contributed by atoms with Crippen LogP contribution in [0.3, 0.4) is 0 Å². The van der Waals surface area contributed by atoms with E-state index in [0.29, 0.717) is 39.1 Å². The maximum absolute atomic E-state index is 13.4. The molecule has 6 rings (SSSR count). The van der Waals surface area contributed by atoms with Crippen molar-refractivity contribution in [3.8, 4) is 0 Å². The van der Waals surface area contributed by atoms with Gasteiger partial charge in [0.15, 0.2) is 11.6 Å². The number of hydrogen-bond donors (Lipinski definition) is 1. The molecule has 1 N–H and O–H groups in total. The number of benzene rings is 1. The number of nitrogens with zero attached hydrogens (tertiary/aromatic N) is 3. The summed E-state index contributed by atoms with van der Waals surface area (Å²) in [4.78, 5) is 28.4. The van der Waals surface area contributed by atoms with Crippen molar-refractivity contribution in [2.45, 2.75) is 52.6 Å². The Hall–Kier alpha value is -2.80. The molecular weight excluding hydrogens is 416 g/mol. The Morgan fingerprint density at radius 2 is 1.85 bits per heavy atom. The quantitative estimate of drug-likeness (QED) is 0.711. The minimum atomic E-state index is -0.484. The first-order valence-corrected chi connectivity index (χ1v) is 11.8. The van der Waals surface area contributed by atoms with Crippen LogP contribution in [0.2, 0.25) is 0 Å². The molecule has 0 saturated carbocycles. The van der Waals surface area contributed by atoms with E-state index in [9.17, 15) is 9.59 Å². The fraction of sp³-hybridized carbons (Fsp3) is 0.538. The monoisotopic (exact) mass is 446 g/mol. The fourth-order valence-electron chi connectivity index (χ4n) is 6.63. The molecule has 7 heteroatoms. The summed E-state index contributed by atoms with van der Waals surface area (Å²) in [7, 11) is 0. The van der Waals surface area contributed by atoms with Crippen LogP contribution < -0.4 is 5.32 Å². The zero-order valence-corrected chi connectivity index (χ0v) is 19.7. The summed E-state index contributed by atoms with van der Waals surface area (Å²) >= 11 is 0. The lowest BCUT2D eigenvalue weighted by molar-refractivity contribution is -0.119. The first-order chi connectivity index (χ1) is 15.6. The number of ketones is 1. The van der Waals surface area contributed by atoms with Gasteiger partial charge in [0.25, 0.3) is 5.91 Å². The van der Waals surface area contributed by atoms with Crippen LogP contribution in [-0.2, 0) is 9.53 Å². The lowest BCUT2D eigenvalue weighted by Gasteiger charge is -2.49. The zero-order valence-electron chi connectivity index (χ0n) is 19.7. The maximum atomic E-state index is 13.4. The number of carbonyl (C=O) groups is 2. The van der Waals surface area contributed by atoms with Crippen molar-refractivity contribution in [1.29, 1.82) is 0 Å². The van der Waals surface area contributed by atoms with Gasteiger partial charge in [-0.25, -0.2) is 0 Å². The Labute approximate surface area is 194 Å². The predicted octanol–water partition coefficient (Wildman–Crippen LogP) is 3.83. The van der Waals surface area contributed by atoms with Crippen LogP contribution in [0.1, 0.15) is 54.6 Å². The SMILES string of the molecule is Cc1cc(C)cc(C(=O)N2CC3(C2)CC2(CO3)C3=C(N=NC3)NC3=C2C(=O)CC(C)(C)C3)c1. The van der Waals surface area contributed by atoms with Crippen LogP contribution in [0, 0.1) is 24.7 Å². The fourth-order valence-corrected chi connectivity index (χ4v) is 6.63. The number of ether oxygens (including phenoxy) is 1. The highest BCUT2D eigenvalue weighted by Crippen LogP contribution is 2.58. The Morgan fingerprint density at radius 1 is 1.12 bits per heavy atom. The van der Waals surface area contributed by atoms with Gasteiger partial charge in [-0.3, -0.25) is 9.59 Å². The van der Waals surface area contributed by atoms with Gasteiger partial charge in [0, 0.05) is 28.8 Å². The summed E-state index contributed by atoms with van der Waals surface area (Å²) in [5.74, 6) is 1.04. The normalized spacial score (nSPS) is 28.8. The number of Topliss-reactive ketones (excluding diaryl/α,β-unsaturated/α-hetero) is 1. The van der Waals surface area contributed by atoms with E-state index in [2.05, 4.69) is 35.5 Å². The number of carbonyl (C=O) groups excluding carboxylic acids is 2. The van der Waals surface area contributed by atoms with E-state index in [1.54, 1.807) is 0 Å². The minimum absolute atomic E-state index is 0.0449. The van der Waals surface area contributed by atoms with Crippen LogP contribution in [-0.4, -0.2) is 48.4 Å². The van der Waals surface area contributed by atoms with E-state index in [1.807, 2.05) is 30.9 Å². The predicted molar refractivity (Wildman–Crippen MR) is 122 cm³/mol. The van der Waals surface area contributed by atoms with E-state index in [1.165, 1.54) is 0 Å². The topological polar surface area (TPSA) is 83.4 Å². The van der Waals surface area contributed by atoms with Crippen molar-refractivity contribution in [2.24, 2.45) is 21.1 Å². The third kappa shape index (κ3) is 3.05. The third-order valence-corrected chi connectivity index (χ3v) is 7.85.